The van der Waals surface area contributed by atoms with Gasteiger partial charge in [0.2, 0.25) is 0 Å². The molecule has 3 heterocycles. The van der Waals surface area contributed by atoms with Gasteiger partial charge in [-0.2, -0.15) is 0 Å². The summed E-state index contributed by atoms with van der Waals surface area (Å²) in [6.07, 6.45) is 3.86. The van der Waals surface area contributed by atoms with Crippen molar-refractivity contribution < 1.29 is 4.74 Å². The van der Waals surface area contributed by atoms with Crippen LogP contribution in [0.3, 0.4) is 0 Å². The molecule has 1 aliphatic heterocycles. The highest BCUT2D eigenvalue weighted by Gasteiger charge is 2.22. The van der Waals surface area contributed by atoms with E-state index in [0.29, 0.717) is 6.61 Å². The van der Waals surface area contributed by atoms with Crippen molar-refractivity contribution in [3.8, 4) is 11.3 Å². The van der Waals surface area contributed by atoms with Crippen molar-refractivity contribution in [1.29, 1.82) is 0 Å². The van der Waals surface area contributed by atoms with Crippen molar-refractivity contribution in [2.45, 2.75) is 25.8 Å². The van der Waals surface area contributed by atoms with Gasteiger partial charge >= 0.3 is 0 Å². The maximum Gasteiger partial charge on any atom is 0.135 e. The van der Waals surface area contributed by atoms with Gasteiger partial charge in [0.1, 0.15) is 17.4 Å². The van der Waals surface area contributed by atoms with Gasteiger partial charge in [-0.05, 0) is 17.7 Å². The van der Waals surface area contributed by atoms with Crippen LogP contribution in [-0.2, 0) is 24.4 Å². The highest BCUT2D eigenvalue weighted by molar-refractivity contribution is 7.09. The standard InChI is InChI=1S/C17H17ClN4OS/c18-13-3-1-12(2-4-13)15-8-21-16-11-23-14(10-22(15)16)7-19-9-17-20-5-6-24-17/h1-6,8,14,19H,7,9-11H2/t14-/m0/s1. The minimum Gasteiger partial charge on any atom is -0.367 e. The molecule has 7 heteroatoms. The highest BCUT2D eigenvalue weighted by Crippen LogP contribution is 2.26. The van der Waals surface area contributed by atoms with Crippen LogP contribution in [0, 0.1) is 0 Å². The van der Waals surface area contributed by atoms with Crippen LogP contribution in [0.5, 0.6) is 0 Å². The van der Waals surface area contributed by atoms with Gasteiger partial charge in [0.25, 0.3) is 0 Å². The molecule has 5 nitrogen and oxygen atoms in total. The van der Waals surface area contributed by atoms with E-state index in [1.807, 2.05) is 42.0 Å². The zero-order valence-electron chi connectivity index (χ0n) is 13.0. The molecule has 1 atom stereocenters. The molecule has 0 amide bonds. The second kappa shape index (κ2) is 7.03. The second-order valence-electron chi connectivity index (χ2n) is 5.67. The molecule has 0 spiro atoms. The Morgan fingerprint density at radius 1 is 1.29 bits per heavy atom. The number of benzene rings is 1. The molecule has 0 radical (unpaired) electrons. The van der Waals surface area contributed by atoms with Crippen LogP contribution in [-0.4, -0.2) is 27.2 Å². The number of thiazole rings is 1. The lowest BCUT2D eigenvalue weighted by Crippen LogP contribution is -2.36. The molecule has 0 saturated heterocycles. The predicted octanol–water partition coefficient (Wildman–Crippen LogP) is 3.35. The molecular weight excluding hydrogens is 344 g/mol. The summed E-state index contributed by atoms with van der Waals surface area (Å²) >= 11 is 7.64. The maximum absolute atomic E-state index is 5.98. The Bertz CT molecular complexity index is 801. The number of imidazole rings is 1. The largest absolute Gasteiger partial charge is 0.367 e. The molecule has 3 aromatic rings. The van der Waals surface area contributed by atoms with E-state index in [2.05, 4.69) is 19.9 Å². The number of rotatable bonds is 5. The van der Waals surface area contributed by atoms with E-state index in [1.54, 1.807) is 11.3 Å². The Hall–Kier alpha value is -1.73. The van der Waals surface area contributed by atoms with Crippen molar-refractivity contribution in [3.63, 3.8) is 0 Å². The molecule has 4 rings (SSSR count). The third-order valence-corrected chi connectivity index (χ3v) is 5.08. The zero-order valence-corrected chi connectivity index (χ0v) is 14.6. The SMILES string of the molecule is Clc1ccc(-c2cnc3n2C[C@H](CNCc2nccs2)OC3)cc1. The Labute approximate surface area is 149 Å². The lowest BCUT2D eigenvalue weighted by molar-refractivity contribution is 0.00326. The first kappa shape index (κ1) is 15.8. The van der Waals surface area contributed by atoms with Gasteiger partial charge < -0.3 is 14.6 Å². The molecule has 0 unspecified atom stereocenters. The lowest BCUT2D eigenvalue weighted by Gasteiger charge is -2.26. The Balaban J connectivity index is 1.44. The second-order valence-corrected chi connectivity index (χ2v) is 7.08. The fourth-order valence-corrected chi connectivity index (χ4v) is 3.55. The fourth-order valence-electron chi connectivity index (χ4n) is 2.84. The zero-order chi connectivity index (χ0) is 16.4. The molecule has 1 N–H and O–H groups in total. The van der Waals surface area contributed by atoms with Gasteiger partial charge in [0.15, 0.2) is 0 Å². The molecule has 1 aliphatic rings. The van der Waals surface area contributed by atoms with E-state index in [4.69, 9.17) is 16.3 Å². The average Bonchev–Trinajstić information content (AvgIpc) is 3.25. The average molecular weight is 361 g/mol. The van der Waals surface area contributed by atoms with E-state index in [9.17, 15) is 0 Å². The van der Waals surface area contributed by atoms with E-state index in [0.717, 1.165) is 46.7 Å². The van der Waals surface area contributed by atoms with E-state index in [1.165, 1.54) is 0 Å². The topological polar surface area (TPSA) is 52.0 Å². The first-order chi connectivity index (χ1) is 11.8. The van der Waals surface area contributed by atoms with Gasteiger partial charge in [-0.25, -0.2) is 9.97 Å². The summed E-state index contributed by atoms with van der Waals surface area (Å²) in [5.74, 6) is 0.969. The molecule has 0 bridgehead atoms. The van der Waals surface area contributed by atoms with E-state index < -0.39 is 0 Å². The summed E-state index contributed by atoms with van der Waals surface area (Å²) in [5, 5.41) is 7.24. The monoisotopic (exact) mass is 360 g/mol. The molecule has 0 aliphatic carbocycles. The van der Waals surface area contributed by atoms with Crippen LogP contribution >= 0.6 is 22.9 Å². The summed E-state index contributed by atoms with van der Waals surface area (Å²) in [7, 11) is 0. The summed E-state index contributed by atoms with van der Waals surface area (Å²) < 4.78 is 8.15. The van der Waals surface area contributed by atoms with E-state index >= 15 is 0 Å². The summed E-state index contributed by atoms with van der Waals surface area (Å²) in [6, 6.07) is 7.86. The van der Waals surface area contributed by atoms with Crippen LogP contribution < -0.4 is 5.32 Å². The minimum atomic E-state index is 0.123. The molecule has 2 aromatic heterocycles. The van der Waals surface area contributed by atoms with Crippen LogP contribution in [0.25, 0.3) is 11.3 Å². The molecule has 24 heavy (non-hydrogen) atoms. The van der Waals surface area contributed by atoms with Gasteiger partial charge in [-0.3, -0.25) is 0 Å². The van der Waals surface area contributed by atoms with Crippen LogP contribution in [0.1, 0.15) is 10.8 Å². The number of aromatic nitrogens is 3. The minimum absolute atomic E-state index is 0.123. The Kier molecular flexibility index (Phi) is 4.62. The number of ether oxygens (including phenoxy) is 1. The van der Waals surface area contributed by atoms with Crippen molar-refractivity contribution in [2.24, 2.45) is 0 Å². The lowest BCUT2D eigenvalue weighted by atomic mass is 10.1. The normalized spacial score (nSPS) is 17.0. The summed E-state index contributed by atoms with van der Waals surface area (Å²) in [4.78, 5) is 8.76. The van der Waals surface area contributed by atoms with Gasteiger partial charge in [-0.1, -0.05) is 23.7 Å². The van der Waals surface area contributed by atoms with Crippen molar-refractivity contribution in [2.75, 3.05) is 6.54 Å². The molecule has 1 aromatic carbocycles. The van der Waals surface area contributed by atoms with Crippen LogP contribution in [0.2, 0.25) is 5.02 Å². The third-order valence-electron chi connectivity index (χ3n) is 4.04. The molecule has 124 valence electrons. The first-order valence-corrected chi connectivity index (χ1v) is 9.06. The number of halogens is 1. The fraction of sp³-hybridized carbons (Fsp3) is 0.294. The highest BCUT2D eigenvalue weighted by atomic mass is 35.5. The summed E-state index contributed by atoms with van der Waals surface area (Å²) in [5.41, 5.74) is 2.23. The first-order valence-electron chi connectivity index (χ1n) is 7.80. The van der Waals surface area contributed by atoms with Crippen LogP contribution in [0.4, 0.5) is 0 Å². The maximum atomic E-state index is 5.98. The summed E-state index contributed by atoms with van der Waals surface area (Å²) in [6.45, 7) is 2.89. The van der Waals surface area contributed by atoms with Crippen molar-refractivity contribution in [1.82, 2.24) is 19.9 Å². The number of fused-ring (bicyclic) bond motifs is 1. The molecule has 0 saturated carbocycles. The smallest absolute Gasteiger partial charge is 0.135 e. The van der Waals surface area contributed by atoms with Crippen LogP contribution in [0.15, 0.2) is 42.0 Å². The van der Waals surface area contributed by atoms with E-state index in [-0.39, 0.29) is 6.10 Å². The Morgan fingerprint density at radius 2 is 2.17 bits per heavy atom. The third kappa shape index (κ3) is 3.37. The van der Waals surface area contributed by atoms with Gasteiger partial charge in [0, 0.05) is 29.7 Å². The van der Waals surface area contributed by atoms with Gasteiger partial charge in [0.05, 0.1) is 24.5 Å². The van der Waals surface area contributed by atoms with Crippen molar-refractivity contribution >= 4 is 22.9 Å². The number of nitrogens with zero attached hydrogens (tertiary/aromatic N) is 3. The van der Waals surface area contributed by atoms with Gasteiger partial charge in [-0.15, -0.1) is 11.3 Å². The number of hydrogen-bond acceptors (Lipinski definition) is 5. The van der Waals surface area contributed by atoms with Crippen molar-refractivity contribution in [3.05, 3.63) is 57.9 Å². The Morgan fingerprint density at radius 3 is 2.96 bits per heavy atom. The number of hydrogen-bond donors (Lipinski definition) is 1. The predicted molar refractivity (Wildman–Crippen MR) is 95.1 cm³/mol. The number of nitrogens with one attached hydrogen (secondary N) is 1. The molecule has 0 fully saturated rings. The quantitative estimate of drug-likeness (QED) is 0.758. The molecular formula is C17H17ClN4OS.